The molecule has 94 valence electrons. The fraction of sp³-hybridized carbons (Fsp3) is 0.846. The lowest BCUT2D eigenvalue weighted by atomic mass is 10.2. The van der Waals surface area contributed by atoms with E-state index in [1.807, 2.05) is 19.1 Å². The van der Waals surface area contributed by atoms with Crippen molar-refractivity contribution in [3.8, 4) is 0 Å². The number of ether oxygens (including phenoxy) is 3. The Balaban J connectivity index is 1.99. The van der Waals surface area contributed by atoms with Gasteiger partial charge in [-0.1, -0.05) is 32.3 Å². The summed E-state index contributed by atoms with van der Waals surface area (Å²) in [5, 5.41) is 0. The molecule has 0 bridgehead atoms. The summed E-state index contributed by atoms with van der Waals surface area (Å²) in [6.07, 6.45) is 8.75. The summed E-state index contributed by atoms with van der Waals surface area (Å²) in [6.45, 7) is 6.28. The van der Waals surface area contributed by atoms with Gasteiger partial charge in [0.2, 0.25) is 0 Å². The Labute approximate surface area is 98.8 Å². The first-order valence-corrected chi connectivity index (χ1v) is 6.34. The van der Waals surface area contributed by atoms with Crippen molar-refractivity contribution in [2.45, 2.75) is 51.9 Å². The van der Waals surface area contributed by atoms with Gasteiger partial charge in [-0.15, -0.1) is 0 Å². The molecule has 1 fully saturated rings. The van der Waals surface area contributed by atoms with Crippen LogP contribution in [0, 0.1) is 0 Å². The zero-order chi connectivity index (χ0) is 11.6. The van der Waals surface area contributed by atoms with Crippen LogP contribution in [0.5, 0.6) is 0 Å². The Morgan fingerprint density at radius 3 is 2.56 bits per heavy atom. The normalized spacial score (nSPS) is 26.4. The fourth-order valence-electron chi connectivity index (χ4n) is 1.64. The maximum absolute atomic E-state index is 5.68. The van der Waals surface area contributed by atoms with E-state index in [-0.39, 0.29) is 12.4 Å². The molecule has 3 heteroatoms. The van der Waals surface area contributed by atoms with Crippen LogP contribution in [0.1, 0.15) is 39.5 Å². The van der Waals surface area contributed by atoms with Gasteiger partial charge in [0.1, 0.15) is 6.10 Å². The van der Waals surface area contributed by atoms with E-state index in [0.717, 1.165) is 13.0 Å². The van der Waals surface area contributed by atoms with Crippen molar-refractivity contribution in [3.05, 3.63) is 12.2 Å². The van der Waals surface area contributed by atoms with Gasteiger partial charge in [-0.25, -0.2) is 0 Å². The van der Waals surface area contributed by atoms with E-state index in [9.17, 15) is 0 Å². The van der Waals surface area contributed by atoms with Crippen LogP contribution in [0.3, 0.4) is 0 Å². The molecule has 0 aromatic carbocycles. The third-order valence-electron chi connectivity index (χ3n) is 2.59. The first-order valence-electron chi connectivity index (χ1n) is 6.34. The van der Waals surface area contributed by atoms with E-state index in [0.29, 0.717) is 13.2 Å². The predicted octanol–water partition coefficient (Wildman–Crippen LogP) is 2.90. The molecule has 0 aromatic heterocycles. The summed E-state index contributed by atoms with van der Waals surface area (Å²) < 4.78 is 16.6. The van der Waals surface area contributed by atoms with Gasteiger partial charge in [0.25, 0.3) is 0 Å². The van der Waals surface area contributed by atoms with Crippen LogP contribution in [0.4, 0.5) is 0 Å². The molecule has 0 unspecified atom stereocenters. The average Bonchev–Trinajstić information content (AvgIpc) is 2.31. The second-order valence-electron chi connectivity index (χ2n) is 4.11. The molecule has 1 aliphatic heterocycles. The lowest BCUT2D eigenvalue weighted by molar-refractivity contribution is -0.205. The molecule has 0 radical (unpaired) electrons. The number of unbranched alkanes of at least 4 members (excludes halogenated alkanes) is 3. The zero-order valence-electron chi connectivity index (χ0n) is 10.5. The minimum atomic E-state index is -0.176. The highest BCUT2D eigenvalue weighted by Crippen LogP contribution is 2.10. The van der Waals surface area contributed by atoms with Gasteiger partial charge in [0.15, 0.2) is 6.29 Å². The molecule has 0 atom stereocenters. The molecule has 1 heterocycles. The first kappa shape index (κ1) is 13.7. The average molecular weight is 228 g/mol. The molecule has 0 amide bonds. The molecule has 0 aromatic rings. The van der Waals surface area contributed by atoms with E-state index in [2.05, 4.69) is 6.92 Å². The van der Waals surface area contributed by atoms with Crippen LogP contribution in [0.2, 0.25) is 0 Å². The summed E-state index contributed by atoms with van der Waals surface area (Å²) in [7, 11) is 0. The molecular weight excluding hydrogens is 204 g/mol. The van der Waals surface area contributed by atoms with Crippen LogP contribution < -0.4 is 0 Å². The summed E-state index contributed by atoms with van der Waals surface area (Å²) >= 11 is 0. The Hall–Kier alpha value is -0.380. The molecule has 1 aliphatic rings. The van der Waals surface area contributed by atoms with Crippen molar-refractivity contribution in [3.63, 3.8) is 0 Å². The standard InChI is InChI=1S/C13H24O3/c1-3-5-6-7-9-14-12-10-15-13(8-4-2)16-11-12/h4,8,12-13H,3,5-7,9-11H2,1-2H3. The van der Waals surface area contributed by atoms with Gasteiger partial charge >= 0.3 is 0 Å². The van der Waals surface area contributed by atoms with Gasteiger partial charge in [0, 0.05) is 6.61 Å². The number of hydrogen-bond acceptors (Lipinski definition) is 3. The van der Waals surface area contributed by atoms with Gasteiger partial charge in [0.05, 0.1) is 13.2 Å². The third kappa shape index (κ3) is 5.64. The van der Waals surface area contributed by atoms with Crippen LogP contribution in [0.25, 0.3) is 0 Å². The lowest BCUT2D eigenvalue weighted by Gasteiger charge is -2.27. The van der Waals surface area contributed by atoms with Gasteiger partial charge in [-0.2, -0.15) is 0 Å². The second-order valence-corrected chi connectivity index (χ2v) is 4.11. The molecule has 16 heavy (non-hydrogen) atoms. The maximum atomic E-state index is 5.68. The van der Waals surface area contributed by atoms with Crippen LogP contribution in [-0.4, -0.2) is 32.2 Å². The highest BCUT2D eigenvalue weighted by atomic mass is 16.7. The largest absolute Gasteiger partial charge is 0.373 e. The second kappa shape index (κ2) is 8.74. The number of hydrogen-bond donors (Lipinski definition) is 0. The SMILES string of the molecule is CC=CC1OCC(OCCCCCC)CO1. The van der Waals surface area contributed by atoms with Crippen molar-refractivity contribution < 1.29 is 14.2 Å². The molecule has 0 aliphatic carbocycles. The highest BCUT2D eigenvalue weighted by molar-refractivity contribution is 4.83. The number of rotatable bonds is 7. The first-order chi connectivity index (χ1) is 7.86. The molecule has 0 saturated carbocycles. The number of allylic oxidation sites excluding steroid dienone is 1. The molecule has 1 saturated heterocycles. The molecule has 0 N–H and O–H groups in total. The quantitative estimate of drug-likeness (QED) is 0.495. The Morgan fingerprint density at radius 2 is 1.94 bits per heavy atom. The van der Waals surface area contributed by atoms with Crippen molar-refractivity contribution >= 4 is 0 Å². The van der Waals surface area contributed by atoms with E-state index < -0.39 is 0 Å². The van der Waals surface area contributed by atoms with Crippen molar-refractivity contribution in [1.29, 1.82) is 0 Å². The summed E-state index contributed by atoms with van der Waals surface area (Å²) in [5.41, 5.74) is 0. The lowest BCUT2D eigenvalue weighted by Crippen LogP contribution is -2.36. The zero-order valence-corrected chi connectivity index (χ0v) is 10.5. The van der Waals surface area contributed by atoms with Crippen LogP contribution in [-0.2, 0) is 14.2 Å². The van der Waals surface area contributed by atoms with E-state index in [1.54, 1.807) is 0 Å². The van der Waals surface area contributed by atoms with Gasteiger partial charge < -0.3 is 14.2 Å². The Morgan fingerprint density at radius 1 is 1.19 bits per heavy atom. The predicted molar refractivity (Wildman–Crippen MR) is 64.4 cm³/mol. The summed E-state index contributed by atoms with van der Waals surface area (Å²) in [4.78, 5) is 0. The summed E-state index contributed by atoms with van der Waals surface area (Å²) in [6, 6.07) is 0. The molecule has 0 spiro atoms. The fourth-order valence-corrected chi connectivity index (χ4v) is 1.64. The highest BCUT2D eigenvalue weighted by Gasteiger charge is 2.20. The topological polar surface area (TPSA) is 27.7 Å². The van der Waals surface area contributed by atoms with Gasteiger partial charge in [-0.05, 0) is 19.4 Å². The van der Waals surface area contributed by atoms with Gasteiger partial charge in [-0.3, -0.25) is 0 Å². The molecule has 3 nitrogen and oxygen atoms in total. The minimum Gasteiger partial charge on any atom is -0.373 e. The van der Waals surface area contributed by atoms with Crippen LogP contribution in [0.15, 0.2) is 12.2 Å². The third-order valence-corrected chi connectivity index (χ3v) is 2.59. The smallest absolute Gasteiger partial charge is 0.177 e. The Kier molecular flexibility index (Phi) is 7.47. The van der Waals surface area contributed by atoms with E-state index in [4.69, 9.17) is 14.2 Å². The summed E-state index contributed by atoms with van der Waals surface area (Å²) in [5.74, 6) is 0. The Bertz CT molecular complexity index is 184. The van der Waals surface area contributed by atoms with Crippen LogP contribution >= 0.6 is 0 Å². The van der Waals surface area contributed by atoms with E-state index >= 15 is 0 Å². The molecular formula is C13H24O3. The molecule has 1 rings (SSSR count). The van der Waals surface area contributed by atoms with Crippen molar-refractivity contribution in [1.82, 2.24) is 0 Å². The minimum absolute atomic E-state index is 0.114. The van der Waals surface area contributed by atoms with Crippen molar-refractivity contribution in [2.24, 2.45) is 0 Å². The van der Waals surface area contributed by atoms with Crippen molar-refractivity contribution in [2.75, 3.05) is 19.8 Å². The maximum Gasteiger partial charge on any atom is 0.177 e. The van der Waals surface area contributed by atoms with E-state index in [1.165, 1.54) is 19.3 Å². The monoisotopic (exact) mass is 228 g/mol.